The highest BCUT2D eigenvalue weighted by molar-refractivity contribution is 9.09. The number of hydrogen-bond acceptors (Lipinski definition) is 0. The van der Waals surface area contributed by atoms with E-state index in [-0.39, 0.29) is 4.83 Å². The summed E-state index contributed by atoms with van der Waals surface area (Å²) in [4.78, 5) is 0.190. The maximum atomic E-state index is 12.0. The van der Waals surface area contributed by atoms with Crippen molar-refractivity contribution in [3.63, 3.8) is 0 Å². The summed E-state index contributed by atoms with van der Waals surface area (Å²) in [7, 11) is 0. The largest absolute Gasteiger partial charge is 0.228 e. The van der Waals surface area contributed by atoms with E-state index in [2.05, 4.69) is 22.9 Å². The molecule has 2 heteroatoms. The van der Waals surface area contributed by atoms with Crippen molar-refractivity contribution in [3.05, 3.63) is 0 Å². The van der Waals surface area contributed by atoms with Crippen LogP contribution in [0, 0.1) is 0 Å². The standard InChI is InChI=1S/C9H16BrO/c1-2-8(10)9(11)6-4-3-5-7-9/h8H,2-7H2,1H3. The van der Waals surface area contributed by atoms with Crippen LogP contribution in [0.3, 0.4) is 0 Å². The number of rotatable bonds is 2. The van der Waals surface area contributed by atoms with Crippen LogP contribution in [0.1, 0.15) is 45.4 Å². The van der Waals surface area contributed by atoms with Crippen LogP contribution in [0.4, 0.5) is 0 Å². The monoisotopic (exact) mass is 219 g/mol. The second-order valence-electron chi connectivity index (χ2n) is 3.50. The van der Waals surface area contributed by atoms with Crippen molar-refractivity contribution in [3.8, 4) is 0 Å². The zero-order chi connectivity index (χ0) is 8.32. The number of halogens is 1. The van der Waals surface area contributed by atoms with Gasteiger partial charge in [-0.25, -0.2) is 5.11 Å². The summed E-state index contributed by atoms with van der Waals surface area (Å²) < 4.78 is 0. The first-order valence-corrected chi connectivity index (χ1v) is 5.45. The molecule has 1 nitrogen and oxygen atoms in total. The molecule has 1 rings (SSSR count). The fourth-order valence-electron chi connectivity index (χ4n) is 1.84. The Morgan fingerprint density at radius 3 is 2.36 bits per heavy atom. The number of alkyl halides is 1. The van der Waals surface area contributed by atoms with Gasteiger partial charge >= 0.3 is 0 Å². The Kier molecular flexibility index (Phi) is 3.38. The molecule has 0 saturated heterocycles. The minimum Gasteiger partial charge on any atom is -0.228 e. The molecule has 0 N–H and O–H groups in total. The van der Waals surface area contributed by atoms with Crippen molar-refractivity contribution in [2.24, 2.45) is 0 Å². The highest BCUT2D eigenvalue weighted by Crippen LogP contribution is 2.36. The number of hydrogen-bond donors (Lipinski definition) is 0. The Labute approximate surface area is 77.3 Å². The molecule has 0 amide bonds. The molecule has 0 aliphatic heterocycles. The molecule has 1 fully saturated rings. The van der Waals surface area contributed by atoms with Crippen LogP contribution in [-0.2, 0) is 5.11 Å². The highest BCUT2D eigenvalue weighted by Gasteiger charge is 2.37. The molecule has 0 heterocycles. The minimum absolute atomic E-state index is 0.190. The summed E-state index contributed by atoms with van der Waals surface area (Å²) in [6.07, 6.45) is 6.22. The molecule has 0 spiro atoms. The third-order valence-electron chi connectivity index (χ3n) is 2.63. The Hall–Kier alpha value is 0.440. The van der Waals surface area contributed by atoms with Crippen LogP contribution < -0.4 is 0 Å². The van der Waals surface area contributed by atoms with E-state index in [0.717, 1.165) is 32.1 Å². The van der Waals surface area contributed by atoms with Gasteiger partial charge in [0.2, 0.25) is 0 Å². The van der Waals surface area contributed by atoms with Crippen LogP contribution in [0.2, 0.25) is 0 Å². The van der Waals surface area contributed by atoms with Crippen LogP contribution in [0.15, 0.2) is 0 Å². The fraction of sp³-hybridized carbons (Fsp3) is 1.00. The van der Waals surface area contributed by atoms with Gasteiger partial charge in [0.05, 0.1) is 0 Å². The van der Waals surface area contributed by atoms with Crippen molar-refractivity contribution >= 4 is 15.9 Å². The molecule has 0 aromatic heterocycles. The van der Waals surface area contributed by atoms with Gasteiger partial charge in [-0.05, 0) is 19.3 Å². The van der Waals surface area contributed by atoms with Gasteiger partial charge in [-0.3, -0.25) is 0 Å². The first kappa shape index (κ1) is 9.53. The summed E-state index contributed by atoms with van der Waals surface area (Å²) >= 11 is 3.48. The molecule has 1 aliphatic rings. The maximum absolute atomic E-state index is 12.0. The molecule has 1 saturated carbocycles. The van der Waals surface area contributed by atoms with Gasteiger partial charge < -0.3 is 0 Å². The Balaban J connectivity index is 2.49. The summed E-state index contributed by atoms with van der Waals surface area (Å²) in [5, 5.41) is 12.0. The van der Waals surface area contributed by atoms with Crippen molar-refractivity contribution in [2.45, 2.75) is 55.9 Å². The van der Waals surface area contributed by atoms with Crippen LogP contribution >= 0.6 is 15.9 Å². The van der Waals surface area contributed by atoms with E-state index in [4.69, 9.17) is 0 Å². The quantitative estimate of drug-likeness (QED) is 0.636. The molecule has 65 valence electrons. The van der Waals surface area contributed by atoms with E-state index < -0.39 is 5.60 Å². The second-order valence-corrected chi connectivity index (χ2v) is 4.61. The summed E-state index contributed by atoms with van der Waals surface area (Å²) in [5.74, 6) is 0. The topological polar surface area (TPSA) is 19.9 Å². The fourth-order valence-corrected chi connectivity index (χ4v) is 2.29. The average Bonchev–Trinajstić information content (AvgIpc) is 2.04. The third kappa shape index (κ3) is 2.19. The predicted molar refractivity (Wildman–Crippen MR) is 49.5 cm³/mol. The van der Waals surface area contributed by atoms with E-state index in [0.29, 0.717) is 0 Å². The second kappa shape index (κ2) is 3.90. The van der Waals surface area contributed by atoms with Crippen LogP contribution in [0.5, 0.6) is 0 Å². The molecule has 0 aromatic carbocycles. The van der Waals surface area contributed by atoms with E-state index >= 15 is 0 Å². The van der Waals surface area contributed by atoms with Crippen LogP contribution in [0.25, 0.3) is 0 Å². The van der Waals surface area contributed by atoms with Crippen molar-refractivity contribution in [1.29, 1.82) is 0 Å². The van der Waals surface area contributed by atoms with Gasteiger partial charge in [-0.15, -0.1) is 0 Å². The molecular formula is C9H16BrO. The zero-order valence-corrected chi connectivity index (χ0v) is 8.69. The Bertz CT molecular complexity index is 119. The van der Waals surface area contributed by atoms with E-state index in [1.165, 1.54) is 6.42 Å². The molecule has 1 radical (unpaired) electrons. The van der Waals surface area contributed by atoms with Gasteiger partial charge in [0.1, 0.15) is 5.60 Å². The van der Waals surface area contributed by atoms with E-state index in [1.807, 2.05) is 0 Å². The molecule has 1 atom stereocenters. The summed E-state index contributed by atoms with van der Waals surface area (Å²) in [6, 6.07) is 0. The first-order valence-electron chi connectivity index (χ1n) is 4.53. The maximum Gasteiger partial charge on any atom is 0.116 e. The van der Waals surface area contributed by atoms with E-state index in [1.54, 1.807) is 0 Å². The lowest BCUT2D eigenvalue weighted by Crippen LogP contribution is -2.38. The molecule has 0 bridgehead atoms. The SMILES string of the molecule is CCC(Br)C1([O])CCCCC1. The molecule has 1 unspecified atom stereocenters. The smallest absolute Gasteiger partial charge is 0.116 e. The summed E-state index contributed by atoms with van der Waals surface area (Å²) in [5.41, 5.74) is -0.646. The first-order chi connectivity index (χ1) is 5.19. The molecular weight excluding hydrogens is 204 g/mol. The lowest BCUT2D eigenvalue weighted by atomic mass is 9.82. The van der Waals surface area contributed by atoms with Gasteiger partial charge in [0, 0.05) is 4.83 Å². The third-order valence-corrected chi connectivity index (χ3v) is 4.11. The summed E-state index contributed by atoms with van der Waals surface area (Å²) in [6.45, 7) is 2.08. The van der Waals surface area contributed by atoms with Gasteiger partial charge in [0.25, 0.3) is 0 Å². The van der Waals surface area contributed by atoms with Crippen molar-refractivity contribution in [1.82, 2.24) is 0 Å². The van der Waals surface area contributed by atoms with Gasteiger partial charge in [0.15, 0.2) is 0 Å². The van der Waals surface area contributed by atoms with Gasteiger partial charge in [-0.1, -0.05) is 42.1 Å². The highest BCUT2D eigenvalue weighted by atomic mass is 79.9. The van der Waals surface area contributed by atoms with Crippen molar-refractivity contribution < 1.29 is 5.11 Å². The molecule has 0 aromatic rings. The van der Waals surface area contributed by atoms with Gasteiger partial charge in [-0.2, -0.15) is 0 Å². The zero-order valence-electron chi connectivity index (χ0n) is 7.11. The lowest BCUT2D eigenvalue weighted by Gasteiger charge is -2.33. The Morgan fingerprint density at radius 1 is 1.36 bits per heavy atom. The lowest BCUT2D eigenvalue weighted by molar-refractivity contribution is -0.0583. The van der Waals surface area contributed by atoms with E-state index in [9.17, 15) is 5.11 Å². The molecule has 11 heavy (non-hydrogen) atoms. The normalized spacial score (nSPS) is 26.5. The van der Waals surface area contributed by atoms with Crippen molar-refractivity contribution in [2.75, 3.05) is 0 Å². The Morgan fingerprint density at radius 2 is 1.91 bits per heavy atom. The average molecular weight is 220 g/mol. The molecule has 1 aliphatic carbocycles. The minimum atomic E-state index is -0.646. The van der Waals surface area contributed by atoms with Crippen LogP contribution in [-0.4, -0.2) is 10.4 Å². The predicted octanol–water partition coefficient (Wildman–Crippen LogP) is 3.29.